The molecule has 6 atom stereocenters. The number of aliphatic hydroxyl groups is 1. The van der Waals surface area contributed by atoms with E-state index in [-0.39, 0.29) is 29.3 Å². The van der Waals surface area contributed by atoms with Crippen molar-refractivity contribution in [3.8, 4) is 0 Å². The second-order valence-electron chi connectivity index (χ2n) is 8.14. The van der Waals surface area contributed by atoms with Gasteiger partial charge in [0.25, 0.3) is 0 Å². The summed E-state index contributed by atoms with van der Waals surface area (Å²) in [7, 11) is 0. The Balaban J connectivity index is 1.81. The number of fused-ring (bicyclic) bond motifs is 2. The maximum absolute atomic E-state index is 12.0. The fourth-order valence-corrected chi connectivity index (χ4v) is 4.66. The van der Waals surface area contributed by atoms with E-state index in [4.69, 9.17) is 9.47 Å². The van der Waals surface area contributed by atoms with Gasteiger partial charge in [-0.1, -0.05) is 25.7 Å². The molecule has 1 N–H and O–H groups in total. The van der Waals surface area contributed by atoms with Crippen molar-refractivity contribution >= 4 is 11.9 Å². The van der Waals surface area contributed by atoms with Crippen molar-refractivity contribution < 1.29 is 24.2 Å². The van der Waals surface area contributed by atoms with E-state index in [9.17, 15) is 14.7 Å². The van der Waals surface area contributed by atoms with Crippen molar-refractivity contribution in [3.05, 3.63) is 36.0 Å². The first-order chi connectivity index (χ1) is 11.6. The van der Waals surface area contributed by atoms with Gasteiger partial charge in [-0.25, -0.2) is 9.59 Å². The van der Waals surface area contributed by atoms with Gasteiger partial charge in [0.1, 0.15) is 18.3 Å². The van der Waals surface area contributed by atoms with Gasteiger partial charge in [0.15, 0.2) is 0 Å². The molecular formula is C20H26O5. The highest BCUT2D eigenvalue weighted by Crippen LogP contribution is 2.57. The highest BCUT2D eigenvalue weighted by molar-refractivity contribution is 5.90. The molecule has 0 aromatic rings. The molecule has 1 heterocycles. The van der Waals surface area contributed by atoms with Gasteiger partial charge in [-0.05, 0) is 50.0 Å². The Labute approximate surface area is 148 Å². The zero-order valence-electron chi connectivity index (χ0n) is 15.1. The van der Waals surface area contributed by atoms with Gasteiger partial charge in [0.2, 0.25) is 0 Å². The lowest BCUT2D eigenvalue weighted by Crippen LogP contribution is -2.52. The molecule has 0 spiro atoms. The highest BCUT2D eigenvalue weighted by Gasteiger charge is 2.56. The lowest BCUT2D eigenvalue weighted by molar-refractivity contribution is -0.158. The van der Waals surface area contributed by atoms with Crippen LogP contribution < -0.4 is 0 Å². The molecule has 2 aliphatic carbocycles. The van der Waals surface area contributed by atoms with Crippen LogP contribution in [0.4, 0.5) is 0 Å². The van der Waals surface area contributed by atoms with Crippen LogP contribution in [0.25, 0.3) is 0 Å². The molecule has 5 heteroatoms. The average Bonchev–Trinajstić information content (AvgIpc) is 2.76. The van der Waals surface area contributed by atoms with E-state index in [1.807, 2.05) is 13.8 Å². The van der Waals surface area contributed by atoms with Crippen LogP contribution in [-0.4, -0.2) is 35.4 Å². The highest BCUT2D eigenvalue weighted by atomic mass is 16.6. The maximum Gasteiger partial charge on any atom is 0.334 e. The number of carbonyl (C=O) groups excluding carboxylic acids is 2. The minimum atomic E-state index is -0.893. The summed E-state index contributed by atoms with van der Waals surface area (Å²) in [6.07, 6.45) is 1.59. The van der Waals surface area contributed by atoms with E-state index in [1.54, 1.807) is 0 Å². The minimum absolute atomic E-state index is 0.0145. The summed E-state index contributed by atoms with van der Waals surface area (Å²) in [4.78, 5) is 23.8. The zero-order valence-corrected chi connectivity index (χ0v) is 15.1. The van der Waals surface area contributed by atoms with Crippen molar-refractivity contribution in [1.29, 1.82) is 0 Å². The summed E-state index contributed by atoms with van der Waals surface area (Å²) >= 11 is 0. The largest absolute Gasteiger partial charge is 0.458 e. The van der Waals surface area contributed by atoms with Crippen molar-refractivity contribution in [3.63, 3.8) is 0 Å². The number of carbonyl (C=O) groups is 2. The molecule has 0 bridgehead atoms. The third kappa shape index (κ3) is 3.06. The van der Waals surface area contributed by atoms with Crippen molar-refractivity contribution in [2.45, 2.75) is 58.3 Å². The second-order valence-corrected chi connectivity index (χ2v) is 8.14. The van der Waals surface area contributed by atoms with E-state index in [0.29, 0.717) is 30.4 Å². The second kappa shape index (κ2) is 6.13. The molecule has 1 saturated heterocycles. The van der Waals surface area contributed by atoms with E-state index in [2.05, 4.69) is 20.1 Å². The van der Waals surface area contributed by atoms with Crippen LogP contribution in [0.1, 0.15) is 40.0 Å². The number of rotatable bonds is 2. The third-order valence-corrected chi connectivity index (χ3v) is 5.94. The first-order valence-corrected chi connectivity index (χ1v) is 8.74. The normalized spacial score (nSPS) is 40.0. The van der Waals surface area contributed by atoms with Crippen LogP contribution in [0.3, 0.4) is 0 Å². The monoisotopic (exact) mass is 346 g/mol. The average molecular weight is 346 g/mol. The number of hydrogen-bond donors (Lipinski definition) is 1. The standard InChI is InChI=1S/C20H26O5/c1-10(2)6-17(21)24-16-9-20(5)8-15-13(11(3)19(23)25-15)7-14(20)12(4)18(16)22/h6,13-16,18,22H,3-4,7-9H2,1-2,5H3. The zero-order chi connectivity index (χ0) is 18.5. The van der Waals surface area contributed by atoms with Crippen molar-refractivity contribution in [2.24, 2.45) is 17.3 Å². The van der Waals surface area contributed by atoms with Gasteiger partial charge >= 0.3 is 11.9 Å². The Kier molecular flexibility index (Phi) is 4.40. The molecule has 0 amide bonds. The van der Waals surface area contributed by atoms with Crippen molar-refractivity contribution in [2.75, 3.05) is 0 Å². The van der Waals surface area contributed by atoms with Crippen LogP contribution in [0.5, 0.6) is 0 Å². The van der Waals surface area contributed by atoms with E-state index < -0.39 is 18.2 Å². The van der Waals surface area contributed by atoms with Gasteiger partial charge in [0, 0.05) is 17.6 Å². The topological polar surface area (TPSA) is 72.8 Å². The van der Waals surface area contributed by atoms with Crippen LogP contribution in [-0.2, 0) is 19.1 Å². The van der Waals surface area contributed by atoms with Crippen LogP contribution in [0, 0.1) is 17.3 Å². The fourth-order valence-electron chi connectivity index (χ4n) is 4.66. The molecule has 1 aliphatic heterocycles. The maximum atomic E-state index is 12.0. The summed E-state index contributed by atoms with van der Waals surface area (Å²) in [6, 6.07) is 0. The lowest BCUT2D eigenvalue weighted by Gasteiger charge is -2.52. The molecule has 0 aromatic heterocycles. The number of esters is 2. The number of hydrogen-bond acceptors (Lipinski definition) is 5. The van der Waals surface area contributed by atoms with Gasteiger partial charge in [-0.2, -0.15) is 0 Å². The smallest absolute Gasteiger partial charge is 0.334 e. The molecular weight excluding hydrogens is 320 g/mol. The minimum Gasteiger partial charge on any atom is -0.458 e. The summed E-state index contributed by atoms with van der Waals surface area (Å²) < 4.78 is 11.0. The number of allylic oxidation sites excluding steroid dienone is 1. The SMILES string of the molecule is C=C1C(=O)OC2CC3(C)CC(OC(=O)C=C(C)C)C(O)C(=C)C3CC12. The summed E-state index contributed by atoms with van der Waals surface area (Å²) in [5.74, 6) is -0.740. The predicted molar refractivity (Wildman–Crippen MR) is 92.4 cm³/mol. The number of ether oxygens (including phenoxy) is 2. The van der Waals surface area contributed by atoms with Crippen LogP contribution in [0.15, 0.2) is 36.0 Å². The summed E-state index contributed by atoms with van der Waals surface area (Å²) in [5.41, 5.74) is 1.80. The molecule has 25 heavy (non-hydrogen) atoms. The predicted octanol–water partition coefficient (Wildman–Crippen LogP) is 2.70. The molecule has 0 aromatic carbocycles. The van der Waals surface area contributed by atoms with Gasteiger partial charge < -0.3 is 14.6 Å². The molecule has 136 valence electrons. The van der Waals surface area contributed by atoms with E-state index >= 15 is 0 Å². The summed E-state index contributed by atoms with van der Waals surface area (Å²) in [5, 5.41) is 10.6. The number of aliphatic hydroxyl groups excluding tert-OH is 1. The Morgan fingerprint density at radius 2 is 2.04 bits per heavy atom. The molecule has 3 fully saturated rings. The Hall–Kier alpha value is -1.88. The van der Waals surface area contributed by atoms with Gasteiger partial charge in [-0.3, -0.25) is 0 Å². The van der Waals surface area contributed by atoms with Gasteiger partial charge in [-0.15, -0.1) is 0 Å². The first kappa shape index (κ1) is 17.9. The van der Waals surface area contributed by atoms with Crippen molar-refractivity contribution in [1.82, 2.24) is 0 Å². The first-order valence-electron chi connectivity index (χ1n) is 8.74. The van der Waals surface area contributed by atoms with Crippen LogP contribution in [0.2, 0.25) is 0 Å². The molecule has 3 aliphatic rings. The lowest BCUT2D eigenvalue weighted by atomic mass is 9.54. The Morgan fingerprint density at radius 1 is 1.36 bits per heavy atom. The fraction of sp³-hybridized carbons (Fsp3) is 0.600. The summed E-state index contributed by atoms with van der Waals surface area (Å²) in [6.45, 7) is 13.7. The molecule has 6 unspecified atom stereocenters. The third-order valence-electron chi connectivity index (χ3n) is 5.94. The Bertz CT molecular complexity index is 672. The molecule has 0 radical (unpaired) electrons. The van der Waals surface area contributed by atoms with E-state index in [0.717, 1.165) is 5.57 Å². The quantitative estimate of drug-likeness (QED) is 0.473. The van der Waals surface area contributed by atoms with Crippen LogP contribution >= 0.6 is 0 Å². The molecule has 2 saturated carbocycles. The molecule has 3 rings (SSSR count). The van der Waals surface area contributed by atoms with Gasteiger partial charge in [0.05, 0.1) is 0 Å². The molecule has 5 nitrogen and oxygen atoms in total. The van der Waals surface area contributed by atoms with E-state index in [1.165, 1.54) is 6.08 Å². The Morgan fingerprint density at radius 3 is 2.68 bits per heavy atom.